The summed E-state index contributed by atoms with van der Waals surface area (Å²) < 4.78 is 0.736. The Hall–Kier alpha value is -2.02. The van der Waals surface area contributed by atoms with Gasteiger partial charge >= 0.3 is 6.03 Å². The Morgan fingerprint density at radius 1 is 1.22 bits per heavy atom. The summed E-state index contributed by atoms with van der Waals surface area (Å²) in [7, 11) is 0. The lowest BCUT2D eigenvalue weighted by molar-refractivity contribution is 0.212. The highest BCUT2D eigenvalue weighted by molar-refractivity contribution is 7.98. The first-order valence-corrected chi connectivity index (χ1v) is 10.7. The first-order chi connectivity index (χ1) is 13.1. The molecule has 0 aliphatic heterocycles. The number of thioether (sulfide) groups is 1. The van der Waals surface area contributed by atoms with Gasteiger partial charge in [-0.1, -0.05) is 29.8 Å². The van der Waals surface area contributed by atoms with Crippen molar-refractivity contribution in [3.63, 3.8) is 0 Å². The second-order valence-corrected chi connectivity index (χ2v) is 8.60. The molecule has 140 valence electrons. The number of nitrogens with zero attached hydrogens (tertiary/aromatic N) is 2. The van der Waals surface area contributed by atoms with Crippen LogP contribution < -0.4 is 5.32 Å². The second-order valence-electron chi connectivity index (χ2n) is 5.81. The van der Waals surface area contributed by atoms with Crippen LogP contribution in [0, 0.1) is 0 Å². The van der Waals surface area contributed by atoms with E-state index in [1.165, 1.54) is 11.3 Å². The number of urea groups is 1. The zero-order valence-corrected chi connectivity index (χ0v) is 17.3. The van der Waals surface area contributed by atoms with Crippen LogP contribution in [0.5, 0.6) is 0 Å². The van der Waals surface area contributed by atoms with Crippen molar-refractivity contribution in [3.8, 4) is 0 Å². The largest absolute Gasteiger partial charge is 0.322 e. The van der Waals surface area contributed by atoms with Crippen molar-refractivity contribution in [1.29, 1.82) is 0 Å². The Bertz CT molecular complexity index is 886. The van der Waals surface area contributed by atoms with Crippen molar-refractivity contribution in [2.24, 2.45) is 0 Å². The van der Waals surface area contributed by atoms with Crippen LogP contribution >= 0.6 is 34.7 Å². The monoisotopic (exact) mass is 417 g/mol. The second kappa shape index (κ2) is 9.78. The molecule has 2 heterocycles. The molecular formula is C20H20ClN3OS2. The lowest BCUT2D eigenvalue weighted by Gasteiger charge is -2.21. The molecule has 27 heavy (non-hydrogen) atoms. The van der Waals surface area contributed by atoms with Crippen molar-refractivity contribution >= 4 is 46.4 Å². The number of benzene rings is 1. The number of hydrogen-bond donors (Lipinski definition) is 1. The Morgan fingerprint density at radius 3 is 2.81 bits per heavy atom. The highest BCUT2D eigenvalue weighted by atomic mass is 35.5. The molecule has 4 nitrogen and oxygen atoms in total. The molecule has 0 saturated carbocycles. The van der Waals surface area contributed by atoms with Crippen LogP contribution in [0.4, 0.5) is 10.5 Å². The molecule has 0 aliphatic rings. The molecule has 3 rings (SSSR count). The maximum absolute atomic E-state index is 12.6. The molecule has 0 radical (unpaired) electrons. The van der Waals surface area contributed by atoms with Crippen molar-refractivity contribution in [2.45, 2.75) is 24.2 Å². The van der Waals surface area contributed by atoms with Crippen molar-refractivity contribution in [1.82, 2.24) is 9.88 Å². The molecular weight excluding hydrogens is 398 g/mol. The molecule has 0 unspecified atom stereocenters. The average molecular weight is 418 g/mol. The number of pyridine rings is 1. The fraction of sp³-hybridized carbons (Fsp3) is 0.200. The third-order valence-electron chi connectivity index (χ3n) is 3.85. The maximum Gasteiger partial charge on any atom is 0.322 e. The Morgan fingerprint density at radius 2 is 2.11 bits per heavy atom. The summed E-state index contributed by atoms with van der Waals surface area (Å²) in [6, 6.07) is 17.5. The number of nitrogens with one attached hydrogen (secondary N) is 1. The van der Waals surface area contributed by atoms with Gasteiger partial charge in [-0.2, -0.15) is 0 Å². The zero-order chi connectivity index (χ0) is 19.1. The van der Waals surface area contributed by atoms with Crippen LogP contribution in [0.1, 0.15) is 17.4 Å². The summed E-state index contributed by atoms with van der Waals surface area (Å²) in [5.41, 5.74) is 1.93. The van der Waals surface area contributed by atoms with Gasteiger partial charge < -0.3 is 10.2 Å². The third kappa shape index (κ3) is 5.99. The number of aromatic nitrogens is 1. The maximum atomic E-state index is 12.6. The SMILES string of the molecule is CCN(Cc1ccc(Cl)s1)C(=O)Nc1cccc(CSc2ccccn2)c1. The third-order valence-corrected chi connectivity index (χ3v) is 6.08. The summed E-state index contributed by atoms with van der Waals surface area (Å²) in [6.45, 7) is 3.14. The molecule has 0 aliphatic carbocycles. The fourth-order valence-electron chi connectivity index (χ4n) is 2.48. The first kappa shape index (κ1) is 19.7. The minimum Gasteiger partial charge on any atom is -0.320 e. The van der Waals surface area contributed by atoms with E-state index in [1.807, 2.05) is 55.5 Å². The van der Waals surface area contributed by atoms with Crippen LogP contribution in [0.25, 0.3) is 0 Å². The van der Waals surface area contributed by atoms with Crippen molar-refractivity contribution in [2.75, 3.05) is 11.9 Å². The molecule has 3 aromatic rings. The van der Waals surface area contributed by atoms with Gasteiger partial charge in [-0.3, -0.25) is 0 Å². The molecule has 0 spiro atoms. The van der Waals surface area contributed by atoms with Crippen LogP contribution in [-0.4, -0.2) is 22.5 Å². The standard InChI is InChI=1S/C20H20ClN3OS2/c1-2-24(13-17-9-10-18(21)27-17)20(25)23-16-7-5-6-15(12-16)14-26-19-8-3-4-11-22-19/h3-12H,2,13-14H2,1H3,(H,23,25). The lowest BCUT2D eigenvalue weighted by atomic mass is 10.2. The quantitative estimate of drug-likeness (QED) is 0.469. The summed E-state index contributed by atoms with van der Waals surface area (Å²) in [6.07, 6.45) is 1.79. The van der Waals surface area contributed by atoms with Crippen LogP contribution in [0.15, 0.2) is 65.8 Å². The van der Waals surface area contributed by atoms with Crippen LogP contribution in [-0.2, 0) is 12.3 Å². The predicted molar refractivity (Wildman–Crippen MR) is 115 cm³/mol. The van der Waals surface area contributed by atoms with Gasteiger partial charge in [0.1, 0.15) is 0 Å². The topological polar surface area (TPSA) is 45.2 Å². The van der Waals surface area contributed by atoms with E-state index in [0.717, 1.165) is 31.2 Å². The van der Waals surface area contributed by atoms with Gasteiger partial charge in [0.05, 0.1) is 15.9 Å². The number of carbonyl (C=O) groups is 1. The van der Waals surface area contributed by atoms with E-state index in [9.17, 15) is 4.79 Å². The van der Waals surface area contributed by atoms with Gasteiger partial charge in [0.25, 0.3) is 0 Å². The highest BCUT2D eigenvalue weighted by Crippen LogP contribution is 2.24. The molecule has 7 heteroatoms. The predicted octanol–water partition coefficient (Wildman–Crippen LogP) is 6.14. The molecule has 0 saturated heterocycles. The lowest BCUT2D eigenvalue weighted by Crippen LogP contribution is -2.34. The van der Waals surface area contributed by atoms with Gasteiger partial charge in [0, 0.05) is 29.1 Å². The first-order valence-electron chi connectivity index (χ1n) is 8.57. The van der Waals surface area contributed by atoms with E-state index in [2.05, 4.69) is 16.4 Å². The smallest absolute Gasteiger partial charge is 0.320 e. The Labute approximate surface area is 172 Å². The minimum atomic E-state index is -0.114. The Kier molecular flexibility index (Phi) is 7.15. The van der Waals surface area contributed by atoms with E-state index in [4.69, 9.17) is 11.6 Å². The summed E-state index contributed by atoms with van der Waals surface area (Å²) >= 11 is 9.15. The molecule has 2 aromatic heterocycles. The van der Waals surface area contributed by atoms with E-state index < -0.39 is 0 Å². The van der Waals surface area contributed by atoms with Gasteiger partial charge in [0.15, 0.2) is 0 Å². The van der Waals surface area contributed by atoms with E-state index in [-0.39, 0.29) is 6.03 Å². The van der Waals surface area contributed by atoms with Crippen LogP contribution in [0.2, 0.25) is 4.34 Å². The average Bonchev–Trinajstić information content (AvgIpc) is 3.10. The zero-order valence-electron chi connectivity index (χ0n) is 14.9. The van der Waals surface area contributed by atoms with E-state index in [1.54, 1.807) is 22.9 Å². The molecule has 0 atom stereocenters. The number of amides is 2. The molecule has 1 aromatic carbocycles. The van der Waals surface area contributed by atoms with E-state index in [0.29, 0.717) is 13.1 Å². The van der Waals surface area contributed by atoms with Gasteiger partial charge in [-0.25, -0.2) is 9.78 Å². The number of halogens is 1. The van der Waals surface area contributed by atoms with Gasteiger partial charge in [-0.05, 0) is 48.9 Å². The van der Waals surface area contributed by atoms with E-state index >= 15 is 0 Å². The molecule has 0 bridgehead atoms. The minimum absolute atomic E-state index is 0.114. The number of carbonyl (C=O) groups excluding carboxylic acids is 1. The Balaban J connectivity index is 1.59. The number of hydrogen-bond acceptors (Lipinski definition) is 4. The summed E-state index contributed by atoms with van der Waals surface area (Å²) in [5.74, 6) is 0.798. The normalized spacial score (nSPS) is 10.6. The van der Waals surface area contributed by atoms with Crippen LogP contribution in [0.3, 0.4) is 0 Å². The fourth-order valence-corrected chi connectivity index (χ4v) is 4.39. The van der Waals surface area contributed by atoms with Gasteiger partial charge in [0.2, 0.25) is 0 Å². The number of anilines is 1. The molecule has 1 N–H and O–H groups in total. The number of thiophene rings is 1. The molecule has 0 fully saturated rings. The molecule has 2 amide bonds. The van der Waals surface area contributed by atoms with Crippen molar-refractivity contribution in [3.05, 3.63) is 75.6 Å². The summed E-state index contributed by atoms with van der Waals surface area (Å²) in [5, 5.41) is 3.98. The summed E-state index contributed by atoms with van der Waals surface area (Å²) in [4.78, 5) is 19.8. The highest BCUT2D eigenvalue weighted by Gasteiger charge is 2.13. The van der Waals surface area contributed by atoms with Gasteiger partial charge in [-0.15, -0.1) is 23.1 Å². The van der Waals surface area contributed by atoms with Crippen molar-refractivity contribution < 1.29 is 4.79 Å². The number of rotatable bonds is 7.